The number of ether oxygens (including phenoxy) is 1. The van der Waals surface area contributed by atoms with Gasteiger partial charge in [-0.25, -0.2) is 15.0 Å². The highest BCUT2D eigenvalue weighted by molar-refractivity contribution is 5.82. The van der Waals surface area contributed by atoms with E-state index in [4.69, 9.17) is 4.74 Å². The average molecular weight is 328 g/mol. The predicted octanol–water partition coefficient (Wildman–Crippen LogP) is 1.88. The Kier molecular flexibility index (Phi) is 4.23. The molecule has 0 radical (unpaired) electrons. The van der Waals surface area contributed by atoms with Crippen LogP contribution >= 0.6 is 0 Å². The third-order valence-electron chi connectivity index (χ3n) is 3.45. The summed E-state index contributed by atoms with van der Waals surface area (Å²) in [5, 5.41) is 10.6. The van der Waals surface area contributed by atoms with Crippen LogP contribution in [0.2, 0.25) is 0 Å². The van der Waals surface area contributed by atoms with Gasteiger partial charge < -0.3 is 14.2 Å². The topological polar surface area (TPSA) is 99.2 Å². The Morgan fingerprint density at radius 1 is 1.21 bits per heavy atom. The van der Waals surface area contributed by atoms with E-state index in [1.807, 2.05) is 23.6 Å². The molecule has 0 aliphatic carbocycles. The molecular weight excluding hydrogens is 312 g/mol. The van der Waals surface area contributed by atoms with Crippen molar-refractivity contribution in [2.24, 2.45) is 0 Å². The van der Waals surface area contributed by atoms with E-state index in [9.17, 15) is 10.1 Å². The highest BCUT2D eigenvalue weighted by atomic mass is 16.6. The van der Waals surface area contributed by atoms with Crippen molar-refractivity contribution in [1.29, 1.82) is 0 Å². The molecule has 3 aromatic rings. The van der Waals surface area contributed by atoms with Crippen molar-refractivity contribution in [1.82, 2.24) is 19.5 Å². The van der Waals surface area contributed by atoms with E-state index in [0.29, 0.717) is 18.9 Å². The van der Waals surface area contributed by atoms with Crippen LogP contribution in [-0.2, 0) is 6.54 Å². The fourth-order valence-electron chi connectivity index (χ4n) is 2.29. The van der Waals surface area contributed by atoms with Crippen molar-refractivity contribution >= 4 is 22.7 Å². The van der Waals surface area contributed by atoms with E-state index in [2.05, 4.69) is 15.0 Å². The van der Waals surface area contributed by atoms with Crippen molar-refractivity contribution in [3.63, 3.8) is 0 Å². The number of rotatable bonds is 6. The van der Waals surface area contributed by atoms with Crippen molar-refractivity contribution in [2.45, 2.75) is 6.54 Å². The largest absolute Gasteiger partial charge is 0.492 e. The average Bonchev–Trinajstić information content (AvgIpc) is 2.98. The number of nitrogens with zero attached hydrogens (tertiary/aromatic N) is 6. The minimum absolute atomic E-state index is 0.0378. The van der Waals surface area contributed by atoms with Gasteiger partial charge in [0.2, 0.25) is 0 Å². The zero-order valence-electron chi connectivity index (χ0n) is 13.3. The predicted molar refractivity (Wildman–Crippen MR) is 88.2 cm³/mol. The van der Waals surface area contributed by atoms with E-state index in [1.165, 1.54) is 18.5 Å². The third kappa shape index (κ3) is 3.09. The Bertz CT molecular complexity index is 859. The van der Waals surface area contributed by atoms with Crippen molar-refractivity contribution in [3.8, 4) is 5.75 Å². The number of hydrogen-bond donors (Lipinski definition) is 0. The van der Waals surface area contributed by atoms with Crippen LogP contribution in [0.4, 0.5) is 11.5 Å². The summed E-state index contributed by atoms with van der Waals surface area (Å²) in [7, 11) is 3.80. The first-order chi connectivity index (χ1) is 11.6. The molecule has 24 heavy (non-hydrogen) atoms. The van der Waals surface area contributed by atoms with Gasteiger partial charge in [0.05, 0.1) is 17.8 Å². The molecule has 9 nitrogen and oxygen atoms in total. The lowest BCUT2D eigenvalue weighted by molar-refractivity contribution is -0.384. The van der Waals surface area contributed by atoms with Gasteiger partial charge in [-0.15, -0.1) is 0 Å². The van der Waals surface area contributed by atoms with Crippen LogP contribution in [0.3, 0.4) is 0 Å². The molecule has 1 aromatic carbocycles. The van der Waals surface area contributed by atoms with Gasteiger partial charge in [-0.05, 0) is 12.1 Å². The van der Waals surface area contributed by atoms with Gasteiger partial charge in [0.1, 0.15) is 18.7 Å². The zero-order valence-corrected chi connectivity index (χ0v) is 13.3. The Morgan fingerprint density at radius 3 is 2.62 bits per heavy atom. The van der Waals surface area contributed by atoms with Crippen molar-refractivity contribution < 1.29 is 9.66 Å². The molecule has 2 aromatic heterocycles. The van der Waals surface area contributed by atoms with Crippen LogP contribution in [0.25, 0.3) is 11.2 Å². The molecule has 0 aliphatic rings. The number of fused-ring (bicyclic) bond motifs is 1. The van der Waals surface area contributed by atoms with E-state index in [1.54, 1.807) is 18.5 Å². The first kappa shape index (κ1) is 15.7. The second-order valence-electron chi connectivity index (χ2n) is 5.30. The smallest absolute Gasteiger partial charge is 0.269 e. The van der Waals surface area contributed by atoms with Crippen LogP contribution in [0, 0.1) is 10.1 Å². The lowest BCUT2D eigenvalue weighted by Gasteiger charge is -2.11. The summed E-state index contributed by atoms with van der Waals surface area (Å²) in [5.41, 5.74) is 1.51. The maximum Gasteiger partial charge on any atom is 0.269 e. The molecule has 0 atom stereocenters. The molecule has 0 fully saturated rings. The van der Waals surface area contributed by atoms with E-state index in [-0.39, 0.29) is 5.69 Å². The SMILES string of the molecule is CN(C)c1ncnc2c1ncn2CCOc1ccc([N+](=O)[O-])cc1. The third-order valence-corrected chi connectivity index (χ3v) is 3.45. The molecule has 3 rings (SSSR count). The number of hydrogen-bond acceptors (Lipinski definition) is 7. The van der Waals surface area contributed by atoms with Gasteiger partial charge in [-0.3, -0.25) is 10.1 Å². The molecule has 0 unspecified atom stereocenters. The normalized spacial score (nSPS) is 10.8. The second-order valence-corrected chi connectivity index (χ2v) is 5.30. The summed E-state index contributed by atoms with van der Waals surface area (Å²) in [6.45, 7) is 0.946. The summed E-state index contributed by atoms with van der Waals surface area (Å²) < 4.78 is 7.50. The number of imidazole rings is 1. The Hall–Kier alpha value is -3.23. The van der Waals surface area contributed by atoms with Gasteiger partial charge in [-0.2, -0.15) is 0 Å². The molecule has 0 bridgehead atoms. The summed E-state index contributed by atoms with van der Waals surface area (Å²) in [5.74, 6) is 1.34. The standard InChI is InChI=1S/C15H16N6O3/c1-19(2)14-13-15(17-9-16-14)20(10-18-13)7-8-24-12-5-3-11(4-6-12)21(22)23/h3-6,9-10H,7-8H2,1-2H3. The van der Waals surface area contributed by atoms with Crippen molar-refractivity contribution in [2.75, 3.05) is 25.6 Å². The first-order valence-electron chi connectivity index (χ1n) is 7.26. The lowest BCUT2D eigenvalue weighted by atomic mass is 10.3. The Labute approximate surface area is 137 Å². The van der Waals surface area contributed by atoms with Crippen LogP contribution in [0.1, 0.15) is 0 Å². The number of nitro benzene ring substituents is 1. The minimum atomic E-state index is -0.441. The molecule has 0 amide bonds. The van der Waals surface area contributed by atoms with Gasteiger partial charge in [0, 0.05) is 26.2 Å². The fraction of sp³-hybridized carbons (Fsp3) is 0.267. The summed E-state index contributed by atoms with van der Waals surface area (Å²) >= 11 is 0. The number of anilines is 1. The Balaban J connectivity index is 1.68. The molecule has 0 saturated carbocycles. The van der Waals surface area contributed by atoms with Crippen LogP contribution in [0.5, 0.6) is 5.75 Å². The molecule has 9 heteroatoms. The van der Waals surface area contributed by atoms with E-state index >= 15 is 0 Å². The van der Waals surface area contributed by atoms with Crippen LogP contribution in [-0.4, -0.2) is 45.1 Å². The van der Waals surface area contributed by atoms with Gasteiger partial charge in [-0.1, -0.05) is 0 Å². The summed E-state index contributed by atoms with van der Waals surface area (Å²) in [6.07, 6.45) is 3.21. The number of non-ortho nitro benzene ring substituents is 1. The lowest BCUT2D eigenvalue weighted by Crippen LogP contribution is -2.12. The van der Waals surface area contributed by atoms with E-state index < -0.39 is 4.92 Å². The van der Waals surface area contributed by atoms with Crippen LogP contribution < -0.4 is 9.64 Å². The number of benzene rings is 1. The monoisotopic (exact) mass is 328 g/mol. The maximum absolute atomic E-state index is 10.6. The first-order valence-corrected chi connectivity index (χ1v) is 7.26. The highest BCUT2D eigenvalue weighted by Crippen LogP contribution is 2.20. The summed E-state index contributed by atoms with van der Waals surface area (Å²) in [4.78, 5) is 24.9. The molecule has 0 aliphatic heterocycles. The Morgan fingerprint density at radius 2 is 1.96 bits per heavy atom. The molecule has 124 valence electrons. The quantitative estimate of drug-likeness (QED) is 0.503. The molecule has 0 N–H and O–H groups in total. The molecule has 0 spiro atoms. The molecular formula is C15H16N6O3. The summed E-state index contributed by atoms with van der Waals surface area (Å²) in [6, 6.07) is 5.99. The van der Waals surface area contributed by atoms with Gasteiger partial charge in [0.15, 0.2) is 17.0 Å². The highest BCUT2D eigenvalue weighted by Gasteiger charge is 2.11. The minimum Gasteiger partial charge on any atom is -0.492 e. The number of aromatic nitrogens is 4. The van der Waals surface area contributed by atoms with Crippen molar-refractivity contribution in [3.05, 3.63) is 47.0 Å². The second kappa shape index (κ2) is 6.49. The fourth-order valence-corrected chi connectivity index (χ4v) is 2.29. The number of nitro groups is 1. The van der Waals surface area contributed by atoms with E-state index in [0.717, 1.165) is 17.0 Å². The zero-order chi connectivity index (χ0) is 17.1. The molecule has 2 heterocycles. The van der Waals surface area contributed by atoms with Gasteiger partial charge >= 0.3 is 0 Å². The van der Waals surface area contributed by atoms with Crippen LogP contribution in [0.15, 0.2) is 36.9 Å². The molecule has 0 saturated heterocycles. The maximum atomic E-state index is 10.6. The van der Waals surface area contributed by atoms with Gasteiger partial charge in [0.25, 0.3) is 5.69 Å².